The zero-order valence-electron chi connectivity index (χ0n) is 10.6. The maximum absolute atomic E-state index is 9.28. The summed E-state index contributed by atoms with van der Waals surface area (Å²) in [6.07, 6.45) is 4.11. The molecule has 0 radical (unpaired) electrons. The fourth-order valence-corrected chi connectivity index (χ4v) is 2.92. The fraction of sp³-hybridized carbons (Fsp3) is 0.571. The van der Waals surface area contributed by atoms with Crippen molar-refractivity contribution in [2.24, 2.45) is 0 Å². The van der Waals surface area contributed by atoms with E-state index < -0.39 is 0 Å². The van der Waals surface area contributed by atoms with Crippen LogP contribution < -0.4 is 10.1 Å². The van der Waals surface area contributed by atoms with Gasteiger partial charge >= 0.3 is 0 Å². The highest BCUT2D eigenvalue weighted by molar-refractivity contribution is 5.41. The van der Waals surface area contributed by atoms with Crippen LogP contribution in [0.2, 0.25) is 0 Å². The van der Waals surface area contributed by atoms with E-state index in [1.165, 1.54) is 11.1 Å². The molecule has 0 saturated carbocycles. The summed E-state index contributed by atoms with van der Waals surface area (Å²) in [6.45, 7) is 0.215. The van der Waals surface area contributed by atoms with Crippen LogP contribution in [0.15, 0.2) is 18.2 Å². The first-order valence-electron chi connectivity index (χ1n) is 6.23. The molecular weight excluding hydrogens is 214 g/mol. The maximum Gasteiger partial charge on any atom is 0.119 e. The summed E-state index contributed by atoms with van der Waals surface area (Å²) < 4.78 is 5.27. The molecule has 0 bridgehead atoms. The predicted octanol–water partition coefficient (Wildman–Crippen LogP) is 1.83. The molecule has 1 aliphatic rings. The number of aliphatic hydroxyl groups excluding tert-OH is 1. The molecule has 0 saturated heterocycles. The Morgan fingerprint density at radius 2 is 2.29 bits per heavy atom. The van der Waals surface area contributed by atoms with Crippen molar-refractivity contribution in [3.8, 4) is 5.75 Å². The summed E-state index contributed by atoms with van der Waals surface area (Å²) in [6, 6.07) is 6.27. The van der Waals surface area contributed by atoms with Crippen molar-refractivity contribution in [3.05, 3.63) is 29.3 Å². The lowest BCUT2D eigenvalue weighted by Crippen LogP contribution is -2.43. The van der Waals surface area contributed by atoms with Crippen molar-refractivity contribution in [1.29, 1.82) is 0 Å². The third-order valence-corrected chi connectivity index (χ3v) is 3.89. The van der Waals surface area contributed by atoms with Gasteiger partial charge in [-0.1, -0.05) is 6.07 Å². The number of hydrogen-bond donors (Lipinski definition) is 2. The van der Waals surface area contributed by atoms with E-state index in [4.69, 9.17) is 4.74 Å². The van der Waals surface area contributed by atoms with Gasteiger partial charge in [0, 0.05) is 12.1 Å². The molecule has 2 N–H and O–H groups in total. The Bertz CT molecular complexity index is 392. The minimum atomic E-state index is -0.0609. The molecule has 1 aromatic carbocycles. The molecule has 0 heterocycles. The van der Waals surface area contributed by atoms with Crippen molar-refractivity contribution in [1.82, 2.24) is 5.32 Å². The number of rotatable bonds is 4. The molecule has 0 amide bonds. The second kappa shape index (κ2) is 5.07. The van der Waals surface area contributed by atoms with Crippen LogP contribution in [0, 0.1) is 0 Å². The van der Waals surface area contributed by atoms with Crippen LogP contribution in [0.1, 0.15) is 30.4 Å². The number of ether oxygens (including phenoxy) is 1. The molecule has 0 aliphatic heterocycles. The summed E-state index contributed by atoms with van der Waals surface area (Å²) in [5.74, 6) is 0.916. The summed E-state index contributed by atoms with van der Waals surface area (Å²) in [5, 5.41) is 12.7. The van der Waals surface area contributed by atoms with Gasteiger partial charge in [0.1, 0.15) is 5.75 Å². The lowest BCUT2D eigenvalue weighted by molar-refractivity contribution is 0.198. The zero-order chi connectivity index (χ0) is 12.3. The lowest BCUT2D eigenvalue weighted by Gasteiger charge is -2.39. The van der Waals surface area contributed by atoms with Crippen molar-refractivity contribution >= 4 is 0 Å². The topological polar surface area (TPSA) is 41.5 Å². The minimum absolute atomic E-state index is 0.0609. The second-order valence-corrected chi connectivity index (χ2v) is 4.68. The Labute approximate surface area is 103 Å². The van der Waals surface area contributed by atoms with Gasteiger partial charge < -0.3 is 15.2 Å². The van der Waals surface area contributed by atoms with Crippen LogP contribution in [-0.2, 0) is 12.0 Å². The molecule has 1 atom stereocenters. The number of aliphatic hydroxyl groups is 1. The number of methoxy groups -OCH3 is 1. The van der Waals surface area contributed by atoms with Gasteiger partial charge in [0.25, 0.3) is 0 Å². The van der Waals surface area contributed by atoms with Crippen LogP contribution in [0.25, 0.3) is 0 Å². The standard InChI is InChI=1S/C14H21NO2/c1-15-14(8-9-16)7-3-4-11-10-12(17-2)5-6-13(11)14/h5-6,10,15-16H,3-4,7-9H2,1-2H3. The summed E-state index contributed by atoms with van der Waals surface area (Å²) in [5.41, 5.74) is 2.61. The summed E-state index contributed by atoms with van der Waals surface area (Å²) >= 11 is 0. The predicted molar refractivity (Wildman–Crippen MR) is 68.4 cm³/mol. The molecule has 1 unspecified atom stereocenters. The SMILES string of the molecule is CNC1(CCO)CCCc2cc(OC)ccc21. The average molecular weight is 235 g/mol. The normalized spacial score (nSPS) is 23.2. The van der Waals surface area contributed by atoms with E-state index >= 15 is 0 Å². The number of benzene rings is 1. The first kappa shape index (κ1) is 12.4. The first-order chi connectivity index (χ1) is 8.25. The van der Waals surface area contributed by atoms with Gasteiger partial charge in [-0.25, -0.2) is 0 Å². The van der Waals surface area contributed by atoms with Crippen molar-refractivity contribution in [2.45, 2.75) is 31.2 Å². The Hall–Kier alpha value is -1.06. The van der Waals surface area contributed by atoms with Gasteiger partial charge in [0.15, 0.2) is 0 Å². The minimum Gasteiger partial charge on any atom is -0.497 e. The van der Waals surface area contributed by atoms with E-state index in [-0.39, 0.29) is 12.1 Å². The first-order valence-corrected chi connectivity index (χ1v) is 6.23. The van der Waals surface area contributed by atoms with Gasteiger partial charge in [-0.3, -0.25) is 0 Å². The van der Waals surface area contributed by atoms with E-state index in [9.17, 15) is 5.11 Å². The van der Waals surface area contributed by atoms with E-state index in [0.717, 1.165) is 31.4 Å². The van der Waals surface area contributed by atoms with Crippen LogP contribution in [0.5, 0.6) is 5.75 Å². The Morgan fingerprint density at radius 1 is 1.47 bits per heavy atom. The molecule has 94 valence electrons. The number of hydrogen-bond acceptors (Lipinski definition) is 3. The smallest absolute Gasteiger partial charge is 0.119 e. The van der Waals surface area contributed by atoms with Crippen LogP contribution in [0.4, 0.5) is 0 Å². The van der Waals surface area contributed by atoms with Crippen molar-refractivity contribution in [2.75, 3.05) is 20.8 Å². The van der Waals surface area contributed by atoms with Gasteiger partial charge in [0.05, 0.1) is 7.11 Å². The molecule has 0 spiro atoms. The van der Waals surface area contributed by atoms with Crippen LogP contribution in [0.3, 0.4) is 0 Å². The maximum atomic E-state index is 9.28. The van der Waals surface area contributed by atoms with E-state index in [1.54, 1.807) is 7.11 Å². The third kappa shape index (κ3) is 2.17. The van der Waals surface area contributed by atoms with E-state index in [0.29, 0.717) is 0 Å². The van der Waals surface area contributed by atoms with Gasteiger partial charge in [-0.2, -0.15) is 0 Å². The molecular formula is C14H21NO2. The van der Waals surface area contributed by atoms with Gasteiger partial charge in [-0.15, -0.1) is 0 Å². The average Bonchev–Trinajstić information content (AvgIpc) is 2.38. The monoisotopic (exact) mass is 235 g/mol. The molecule has 1 aromatic rings. The van der Waals surface area contributed by atoms with E-state index in [2.05, 4.69) is 17.4 Å². The lowest BCUT2D eigenvalue weighted by atomic mass is 9.74. The quantitative estimate of drug-likeness (QED) is 0.836. The molecule has 3 heteroatoms. The van der Waals surface area contributed by atoms with Gasteiger partial charge in [0.2, 0.25) is 0 Å². The summed E-state index contributed by atoms with van der Waals surface area (Å²) in [4.78, 5) is 0. The Morgan fingerprint density at radius 3 is 2.94 bits per heavy atom. The highest BCUT2D eigenvalue weighted by Crippen LogP contribution is 2.38. The molecule has 17 heavy (non-hydrogen) atoms. The number of aryl methyl sites for hydroxylation is 1. The molecule has 2 rings (SSSR count). The van der Waals surface area contributed by atoms with Crippen LogP contribution in [-0.4, -0.2) is 25.9 Å². The Balaban J connectivity index is 2.42. The summed E-state index contributed by atoms with van der Waals surface area (Å²) in [7, 11) is 3.68. The fourth-order valence-electron chi connectivity index (χ4n) is 2.92. The highest BCUT2D eigenvalue weighted by atomic mass is 16.5. The number of fused-ring (bicyclic) bond motifs is 1. The molecule has 3 nitrogen and oxygen atoms in total. The largest absolute Gasteiger partial charge is 0.497 e. The molecule has 0 fully saturated rings. The van der Waals surface area contributed by atoms with E-state index in [1.807, 2.05) is 13.1 Å². The third-order valence-electron chi connectivity index (χ3n) is 3.89. The van der Waals surface area contributed by atoms with Crippen LogP contribution >= 0.6 is 0 Å². The molecule has 0 aromatic heterocycles. The second-order valence-electron chi connectivity index (χ2n) is 4.68. The van der Waals surface area contributed by atoms with Crippen molar-refractivity contribution < 1.29 is 9.84 Å². The highest BCUT2D eigenvalue weighted by Gasteiger charge is 2.34. The Kier molecular flexibility index (Phi) is 3.69. The van der Waals surface area contributed by atoms with Gasteiger partial charge in [-0.05, 0) is 56.0 Å². The molecule has 1 aliphatic carbocycles. The number of nitrogens with one attached hydrogen (secondary N) is 1. The van der Waals surface area contributed by atoms with Crippen molar-refractivity contribution in [3.63, 3.8) is 0 Å². The zero-order valence-corrected chi connectivity index (χ0v) is 10.6.